The van der Waals surface area contributed by atoms with Crippen molar-refractivity contribution < 1.29 is 33.3 Å². The number of hydrogen-bond donors (Lipinski definition) is 1. The van der Waals surface area contributed by atoms with Crippen molar-refractivity contribution in [1.82, 2.24) is 4.90 Å². The molecular weight excluding hydrogens is 885 g/mol. The molecule has 1 heterocycles. The van der Waals surface area contributed by atoms with Crippen LogP contribution in [0.3, 0.4) is 0 Å². The van der Waals surface area contributed by atoms with E-state index >= 15 is 0 Å². The summed E-state index contributed by atoms with van der Waals surface area (Å²) in [5, 5.41) is 3.32. The molecule has 0 unspecified atom stereocenters. The lowest BCUT2D eigenvalue weighted by molar-refractivity contribution is -0.120. The zero-order chi connectivity index (χ0) is 52.1. The molecule has 71 heavy (non-hydrogen) atoms. The topological polar surface area (TPSA) is 95.6 Å². The first-order valence-corrected chi connectivity index (χ1v) is 26.8. The van der Waals surface area contributed by atoms with Crippen LogP contribution in [0.1, 0.15) is 211 Å². The van der Waals surface area contributed by atoms with Crippen LogP contribution in [-0.2, 0) is 51.5 Å². The second kappa shape index (κ2) is 22.7. The van der Waals surface area contributed by atoms with Crippen LogP contribution in [0.4, 0.5) is 10.5 Å². The molecule has 6 rings (SSSR count). The number of hydrogen-bond acceptors (Lipinski definition) is 7. The molecule has 2 aliphatic rings. The Bertz CT molecular complexity index is 2390. The first-order valence-electron chi connectivity index (χ1n) is 26.8. The zero-order valence-corrected chi connectivity index (χ0v) is 46.6. The lowest BCUT2D eigenvalue weighted by Crippen LogP contribution is -2.45. The fourth-order valence-electron chi connectivity index (χ4n) is 9.62. The Hall–Kier alpha value is -5.18. The van der Waals surface area contributed by atoms with Crippen molar-refractivity contribution in [1.29, 1.82) is 0 Å². The summed E-state index contributed by atoms with van der Waals surface area (Å²) in [6.45, 7) is 37.4. The fourth-order valence-corrected chi connectivity index (χ4v) is 9.62. The minimum atomic E-state index is -0.686. The minimum absolute atomic E-state index is 0.135. The van der Waals surface area contributed by atoms with Crippen LogP contribution in [0.5, 0.6) is 23.0 Å². The van der Waals surface area contributed by atoms with Crippen molar-refractivity contribution in [3.8, 4) is 23.0 Å². The molecule has 8 bridgehead atoms. The molecule has 2 amide bonds. The summed E-state index contributed by atoms with van der Waals surface area (Å²) < 4.78 is 33.6. The standard InChI is InChI=1S/C62H88N2O7/c1-17-24-67-53-40-28-42-34-49(60(8,9)10)36-44(54(42)68-25-18-2)30-46-38-51(63-57(65)52-22-21-23-64(52)58(66)71-62(14,15)16)39-47(56(46)70-27-20-4)31-45-37-50(61(11,12)13)35-43(55(45)69-26-19-3)29-41(53)33-48(32-40)59(5,6)7/h32-39,52H,17-31H2,1-16H3,(H,63,65)/t52-/m0/s1. The normalized spacial score (nSPS) is 15.3. The van der Waals surface area contributed by atoms with E-state index in [1.54, 1.807) is 4.90 Å². The Kier molecular flexibility index (Phi) is 17.6. The van der Waals surface area contributed by atoms with Crippen LogP contribution in [0, 0.1) is 0 Å². The number of likely N-dealkylation sites (tertiary alicyclic amines) is 1. The second-order valence-electron chi connectivity index (χ2n) is 24.2. The molecule has 1 N–H and O–H groups in total. The van der Waals surface area contributed by atoms with Crippen molar-refractivity contribution in [2.24, 2.45) is 0 Å². The van der Waals surface area contributed by atoms with E-state index in [9.17, 15) is 9.59 Å². The summed E-state index contributed by atoms with van der Waals surface area (Å²) in [5.41, 5.74) is 11.6. The first kappa shape index (κ1) is 55.1. The average Bonchev–Trinajstić information content (AvgIpc) is 3.77. The highest BCUT2D eigenvalue weighted by Crippen LogP contribution is 2.44. The van der Waals surface area contributed by atoms with Crippen LogP contribution in [0.25, 0.3) is 0 Å². The van der Waals surface area contributed by atoms with Crippen LogP contribution < -0.4 is 24.3 Å². The van der Waals surface area contributed by atoms with E-state index in [-0.39, 0.29) is 22.2 Å². The first-order chi connectivity index (χ1) is 33.3. The number of fused-ring (bicyclic) bond motifs is 8. The van der Waals surface area contributed by atoms with Gasteiger partial charge in [-0.25, -0.2) is 4.79 Å². The quantitative estimate of drug-likeness (QED) is 0.118. The summed E-state index contributed by atoms with van der Waals surface area (Å²) in [5.74, 6) is 3.26. The second-order valence-corrected chi connectivity index (χ2v) is 24.2. The highest BCUT2D eigenvalue weighted by Gasteiger charge is 2.37. The van der Waals surface area contributed by atoms with Crippen molar-refractivity contribution in [2.45, 2.75) is 203 Å². The van der Waals surface area contributed by atoms with Gasteiger partial charge in [0.2, 0.25) is 5.91 Å². The van der Waals surface area contributed by atoms with Gasteiger partial charge in [-0.05, 0) is 138 Å². The maximum Gasteiger partial charge on any atom is 0.410 e. The molecule has 0 spiro atoms. The third-order valence-electron chi connectivity index (χ3n) is 13.3. The number of anilines is 1. The summed E-state index contributed by atoms with van der Waals surface area (Å²) in [7, 11) is 0. The van der Waals surface area contributed by atoms with Crippen LogP contribution >= 0.6 is 0 Å². The highest BCUT2D eigenvalue weighted by molar-refractivity contribution is 5.97. The molecule has 388 valence electrons. The van der Waals surface area contributed by atoms with Gasteiger partial charge in [-0.1, -0.05) is 126 Å². The Morgan fingerprint density at radius 1 is 0.493 bits per heavy atom. The molecule has 0 aromatic heterocycles. The Morgan fingerprint density at radius 2 is 0.789 bits per heavy atom. The fraction of sp³-hybridized carbons (Fsp3) is 0.581. The lowest BCUT2D eigenvalue weighted by atomic mass is 9.80. The number of nitrogens with zero attached hydrogens (tertiary/aromatic N) is 1. The molecular formula is C62H88N2O7. The smallest absolute Gasteiger partial charge is 0.410 e. The van der Waals surface area contributed by atoms with Gasteiger partial charge in [0.25, 0.3) is 0 Å². The largest absolute Gasteiger partial charge is 0.493 e. The Labute approximate surface area is 428 Å². The number of carbonyl (C=O) groups is 2. The van der Waals surface area contributed by atoms with Gasteiger partial charge >= 0.3 is 6.09 Å². The van der Waals surface area contributed by atoms with Crippen LogP contribution in [0.2, 0.25) is 0 Å². The van der Waals surface area contributed by atoms with Crippen LogP contribution in [-0.4, -0.2) is 61.5 Å². The molecule has 1 saturated heterocycles. The SMILES string of the molecule is CCCOc1c2cc(NC(=O)[C@@H]3CCCN3C(=O)OC(C)(C)C)cc1Cc1cc(C(C)(C)C)cc(c1OCCC)Cc1cc(C(C)(C)C)cc(c1OCCC)Cc1cc(C(C)(C)C)cc(c1OCCC)C2. The predicted octanol–water partition coefficient (Wildman–Crippen LogP) is 14.7. The Balaban J connectivity index is 1.71. The minimum Gasteiger partial charge on any atom is -0.493 e. The summed E-state index contributed by atoms with van der Waals surface area (Å²) in [6.07, 6.45) is 6.37. The number of benzene rings is 4. The van der Waals surface area contributed by atoms with E-state index in [4.69, 9.17) is 23.7 Å². The predicted molar refractivity (Wildman–Crippen MR) is 291 cm³/mol. The molecule has 1 atom stereocenters. The summed E-state index contributed by atoms with van der Waals surface area (Å²) >= 11 is 0. The molecule has 4 aromatic carbocycles. The number of nitrogens with one attached hydrogen (secondary N) is 1. The number of ether oxygens (including phenoxy) is 5. The summed E-state index contributed by atoms with van der Waals surface area (Å²) in [4.78, 5) is 29.6. The molecule has 1 fully saturated rings. The molecule has 4 aromatic rings. The van der Waals surface area contributed by atoms with E-state index < -0.39 is 17.7 Å². The van der Waals surface area contributed by atoms with Crippen molar-refractivity contribution in [2.75, 3.05) is 38.3 Å². The van der Waals surface area contributed by atoms with Crippen molar-refractivity contribution in [3.63, 3.8) is 0 Å². The third-order valence-corrected chi connectivity index (χ3v) is 13.3. The Morgan fingerprint density at radius 3 is 1.06 bits per heavy atom. The third kappa shape index (κ3) is 13.9. The van der Waals surface area contributed by atoms with Gasteiger partial charge in [0.05, 0.1) is 26.4 Å². The van der Waals surface area contributed by atoms with E-state index in [2.05, 4.69) is 144 Å². The van der Waals surface area contributed by atoms with Crippen molar-refractivity contribution in [3.05, 3.63) is 110 Å². The maximum absolute atomic E-state index is 14.6. The molecule has 0 radical (unpaired) electrons. The van der Waals surface area contributed by atoms with E-state index in [1.807, 2.05) is 20.8 Å². The molecule has 9 heteroatoms. The van der Waals surface area contributed by atoms with E-state index in [0.717, 1.165) is 93.2 Å². The monoisotopic (exact) mass is 973 g/mol. The van der Waals surface area contributed by atoms with Gasteiger partial charge in [0, 0.05) is 49.0 Å². The van der Waals surface area contributed by atoms with E-state index in [1.165, 1.54) is 16.7 Å². The number of amides is 2. The molecule has 1 aliphatic carbocycles. The van der Waals surface area contributed by atoms with Gasteiger partial charge in [0.1, 0.15) is 34.6 Å². The van der Waals surface area contributed by atoms with Crippen LogP contribution in [0.15, 0.2) is 48.5 Å². The average molecular weight is 973 g/mol. The van der Waals surface area contributed by atoms with Crippen molar-refractivity contribution >= 4 is 17.7 Å². The summed E-state index contributed by atoms with van der Waals surface area (Å²) in [6, 6.07) is 17.6. The van der Waals surface area contributed by atoms with Gasteiger partial charge < -0.3 is 29.0 Å². The van der Waals surface area contributed by atoms with Gasteiger partial charge in [0.15, 0.2) is 0 Å². The van der Waals surface area contributed by atoms with Gasteiger partial charge in [-0.15, -0.1) is 0 Å². The van der Waals surface area contributed by atoms with Gasteiger partial charge in [-0.2, -0.15) is 0 Å². The number of carbonyl (C=O) groups excluding carboxylic acids is 2. The molecule has 1 aliphatic heterocycles. The number of rotatable bonds is 14. The molecule has 9 nitrogen and oxygen atoms in total. The van der Waals surface area contributed by atoms with Gasteiger partial charge in [-0.3, -0.25) is 9.69 Å². The van der Waals surface area contributed by atoms with E-state index in [0.29, 0.717) is 77.2 Å². The molecule has 0 saturated carbocycles. The zero-order valence-electron chi connectivity index (χ0n) is 46.6. The highest BCUT2D eigenvalue weighted by atomic mass is 16.6. The maximum atomic E-state index is 14.6. The lowest BCUT2D eigenvalue weighted by Gasteiger charge is -2.29.